The van der Waals surface area contributed by atoms with Gasteiger partial charge in [0.15, 0.2) is 0 Å². The molecule has 0 unspecified atom stereocenters. The summed E-state index contributed by atoms with van der Waals surface area (Å²) in [6, 6.07) is 12.8. The molecule has 96 valence electrons. The molecule has 2 nitrogen and oxygen atoms in total. The second-order valence-electron chi connectivity index (χ2n) is 4.55. The fourth-order valence-electron chi connectivity index (χ4n) is 2.57. The standard InChI is InChI=1S/C15H12N2S.ClH/c1-2-5-11-10(4-1)7-8-12-14(11)17-15(16-12)13-6-3-9-18-13;/h1-6,9H,7-8H2,(H,16,17);1H. The van der Waals surface area contributed by atoms with Crippen molar-refractivity contribution in [2.45, 2.75) is 12.8 Å². The van der Waals surface area contributed by atoms with E-state index >= 15 is 0 Å². The number of thiophene rings is 1. The van der Waals surface area contributed by atoms with Gasteiger partial charge in [-0.1, -0.05) is 30.3 Å². The summed E-state index contributed by atoms with van der Waals surface area (Å²) in [6.07, 6.45) is 2.17. The Morgan fingerprint density at radius 2 is 1.95 bits per heavy atom. The van der Waals surface area contributed by atoms with Crippen molar-refractivity contribution in [3.8, 4) is 22.0 Å². The molecular weight excluding hydrogens is 276 g/mol. The molecule has 0 saturated heterocycles. The third-order valence-electron chi connectivity index (χ3n) is 3.45. The molecule has 1 N–H and O–H groups in total. The van der Waals surface area contributed by atoms with Crippen molar-refractivity contribution in [3.63, 3.8) is 0 Å². The zero-order valence-corrected chi connectivity index (χ0v) is 11.9. The molecule has 4 rings (SSSR count). The number of nitrogens with one attached hydrogen (secondary N) is 1. The Kier molecular flexibility index (Phi) is 3.17. The number of rotatable bonds is 1. The number of aromatic amines is 1. The lowest BCUT2D eigenvalue weighted by Gasteiger charge is -2.14. The molecule has 2 aromatic heterocycles. The maximum absolute atomic E-state index is 4.79. The SMILES string of the molecule is Cl.c1csc(-c2nc3c([nH]2)CCc2ccccc2-3)c1. The molecule has 1 aromatic carbocycles. The molecule has 0 radical (unpaired) electrons. The van der Waals surface area contributed by atoms with E-state index in [4.69, 9.17) is 4.98 Å². The molecule has 4 heteroatoms. The van der Waals surface area contributed by atoms with Gasteiger partial charge in [0.1, 0.15) is 5.82 Å². The molecule has 0 amide bonds. The van der Waals surface area contributed by atoms with Crippen molar-refractivity contribution < 1.29 is 0 Å². The van der Waals surface area contributed by atoms with Gasteiger partial charge in [-0.15, -0.1) is 23.7 Å². The van der Waals surface area contributed by atoms with Gasteiger partial charge in [-0.05, 0) is 29.9 Å². The van der Waals surface area contributed by atoms with Gasteiger partial charge < -0.3 is 4.98 Å². The summed E-state index contributed by atoms with van der Waals surface area (Å²) < 4.78 is 0. The van der Waals surface area contributed by atoms with Crippen molar-refractivity contribution in [2.24, 2.45) is 0 Å². The van der Waals surface area contributed by atoms with Crippen molar-refractivity contribution in [3.05, 3.63) is 53.0 Å². The Hall–Kier alpha value is -1.58. The van der Waals surface area contributed by atoms with Gasteiger partial charge >= 0.3 is 0 Å². The van der Waals surface area contributed by atoms with E-state index in [9.17, 15) is 0 Å². The Morgan fingerprint density at radius 1 is 1.05 bits per heavy atom. The van der Waals surface area contributed by atoms with Crippen LogP contribution in [0.2, 0.25) is 0 Å². The molecule has 0 atom stereocenters. The van der Waals surface area contributed by atoms with Crippen molar-refractivity contribution >= 4 is 23.7 Å². The second kappa shape index (κ2) is 4.83. The summed E-state index contributed by atoms with van der Waals surface area (Å²) >= 11 is 1.73. The number of nitrogens with zero attached hydrogens (tertiary/aromatic N) is 1. The monoisotopic (exact) mass is 288 g/mol. The first-order chi connectivity index (χ1) is 8.92. The smallest absolute Gasteiger partial charge is 0.148 e. The molecule has 1 aliphatic carbocycles. The summed E-state index contributed by atoms with van der Waals surface area (Å²) in [6.45, 7) is 0. The summed E-state index contributed by atoms with van der Waals surface area (Å²) in [4.78, 5) is 9.48. The third kappa shape index (κ3) is 1.99. The van der Waals surface area contributed by atoms with Crippen LogP contribution in [-0.2, 0) is 12.8 Å². The Bertz CT molecular complexity index is 701. The summed E-state index contributed by atoms with van der Waals surface area (Å²) in [5.74, 6) is 1.01. The fourth-order valence-corrected chi connectivity index (χ4v) is 3.24. The molecular formula is C15H13ClN2S. The number of H-pyrrole nitrogens is 1. The minimum absolute atomic E-state index is 0. The normalized spacial score (nSPS) is 12.4. The number of benzene rings is 1. The van der Waals surface area contributed by atoms with E-state index in [2.05, 4.69) is 46.8 Å². The molecule has 0 saturated carbocycles. The highest BCUT2D eigenvalue weighted by Crippen LogP contribution is 2.34. The van der Waals surface area contributed by atoms with Gasteiger partial charge in [0.2, 0.25) is 0 Å². The maximum atomic E-state index is 4.79. The van der Waals surface area contributed by atoms with Crippen LogP contribution in [0.5, 0.6) is 0 Å². The van der Waals surface area contributed by atoms with Gasteiger partial charge in [-0.25, -0.2) is 4.98 Å². The first-order valence-corrected chi connectivity index (χ1v) is 7.01. The zero-order valence-electron chi connectivity index (χ0n) is 10.2. The van der Waals surface area contributed by atoms with Crippen LogP contribution in [0.4, 0.5) is 0 Å². The van der Waals surface area contributed by atoms with Gasteiger partial charge in [0, 0.05) is 11.3 Å². The van der Waals surface area contributed by atoms with E-state index in [1.807, 2.05) is 0 Å². The third-order valence-corrected chi connectivity index (χ3v) is 4.33. The van der Waals surface area contributed by atoms with E-state index < -0.39 is 0 Å². The first kappa shape index (κ1) is 12.5. The van der Waals surface area contributed by atoms with E-state index in [-0.39, 0.29) is 12.4 Å². The van der Waals surface area contributed by atoms with E-state index in [0.717, 1.165) is 24.4 Å². The average Bonchev–Trinajstić information content (AvgIpc) is 3.07. The highest BCUT2D eigenvalue weighted by atomic mass is 35.5. The minimum atomic E-state index is 0. The number of hydrogen-bond donors (Lipinski definition) is 1. The van der Waals surface area contributed by atoms with E-state index in [0.29, 0.717) is 0 Å². The van der Waals surface area contributed by atoms with Crippen LogP contribution in [0.25, 0.3) is 22.0 Å². The average molecular weight is 289 g/mol. The van der Waals surface area contributed by atoms with Crippen LogP contribution in [0.1, 0.15) is 11.3 Å². The van der Waals surface area contributed by atoms with Crippen molar-refractivity contribution in [1.29, 1.82) is 0 Å². The highest BCUT2D eigenvalue weighted by Gasteiger charge is 2.20. The lowest BCUT2D eigenvalue weighted by atomic mass is 9.93. The fraction of sp³-hybridized carbons (Fsp3) is 0.133. The second-order valence-corrected chi connectivity index (χ2v) is 5.49. The Balaban J connectivity index is 0.00000110. The van der Waals surface area contributed by atoms with Crippen LogP contribution < -0.4 is 0 Å². The Labute approximate surface area is 121 Å². The van der Waals surface area contributed by atoms with Crippen molar-refractivity contribution in [2.75, 3.05) is 0 Å². The summed E-state index contributed by atoms with van der Waals surface area (Å²) in [7, 11) is 0. The minimum Gasteiger partial charge on any atom is -0.341 e. The largest absolute Gasteiger partial charge is 0.341 e. The lowest BCUT2D eigenvalue weighted by Crippen LogP contribution is -2.02. The summed E-state index contributed by atoms with van der Waals surface area (Å²) in [5.41, 5.74) is 5.12. The van der Waals surface area contributed by atoms with Crippen molar-refractivity contribution in [1.82, 2.24) is 9.97 Å². The van der Waals surface area contributed by atoms with Crippen LogP contribution in [0.15, 0.2) is 41.8 Å². The number of fused-ring (bicyclic) bond motifs is 3. The zero-order chi connectivity index (χ0) is 11.9. The Morgan fingerprint density at radius 3 is 2.79 bits per heavy atom. The lowest BCUT2D eigenvalue weighted by molar-refractivity contribution is 0.909. The predicted molar refractivity (Wildman–Crippen MR) is 82.0 cm³/mol. The number of aryl methyl sites for hydroxylation is 2. The van der Waals surface area contributed by atoms with Gasteiger partial charge in [0.05, 0.1) is 10.6 Å². The van der Waals surface area contributed by atoms with Gasteiger partial charge in [-0.3, -0.25) is 0 Å². The van der Waals surface area contributed by atoms with Gasteiger partial charge in [0.25, 0.3) is 0 Å². The van der Waals surface area contributed by atoms with Crippen LogP contribution in [0, 0.1) is 0 Å². The number of hydrogen-bond acceptors (Lipinski definition) is 2. The van der Waals surface area contributed by atoms with Crippen LogP contribution >= 0.6 is 23.7 Å². The van der Waals surface area contributed by atoms with Crippen LogP contribution in [-0.4, -0.2) is 9.97 Å². The molecule has 0 spiro atoms. The molecule has 3 aromatic rings. The molecule has 0 aliphatic heterocycles. The maximum Gasteiger partial charge on any atom is 0.148 e. The van der Waals surface area contributed by atoms with E-state index in [1.165, 1.54) is 21.7 Å². The topological polar surface area (TPSA) is 28.7 Å². The number of imidazole rings is 1. The molecule has 0 fully saturated rings. The predicted octanol–water partition coefficient (Wildman–Crippen LogP) is 4.33. The molecule has 19 heavy (non-hydrogen) atoms. The first-order valence-electron chi connectivity index (χ1n) is 6.13. The summed E-state index contributed by atoms with van der Waals surface area (Å²) in [5, 5.41) is 2.09. The highest BCUT2D eigenvalue weighted by molar-refractivity contribution is 7.13. The molecule has 2 heterocycles. The number of aromatic nitrogens is 2. The molecule has 0 bridgehead atoms. The van der Waals surface area contributed by atoms with E-state index in [1.54, 1.807) is 11.3 Å². The van der Waals surface area contributed by atoms with Gasteiger partial charge in [-0.2, -0.15) is 0 Å². The van der Waals surface area contributed by atoms with Crippen LogP contribution in [0.3, 0.4) is 0 Å². The number of halogens is 1. The molecule has 1 aliphatic rings. The quantitative estimate of drug-likeness (QED) is 0.709.